The molecular formula is C11H19N5. The minimum absolute atomic E-state index is 0.636. The summed E-state index contributed by atoms with van der Waals surface area (Å²) in [6.07, 6.45) is 5.85. The van der Waals surface area contributed by atoms with Crippen molar-refractivity contribution in [2.24, 2.45) is 7.05 Å². The molecule has 1 aliphatic carbocycles. The Kier molecular flexibility index (Phi) is 2.65. The van der Waals surface area contributed by atoms with Gasteiger partial charge >= 0.3 is 0 Å². The fraction of sp³-hybridized carbons (Fsp3) is 0.818. The summed E-state index contributed by atoms with van der Waals surface area (Å²) in [4.78, 5) is 2.62. The number of nitrogens with zero attached hydrogens (tertiary/aromatic N) is 4. The van der Waals surface area contributed by atoms with E-state index in [1.165, 1.54) is 32.4 Å². The molecule has 1 aromatic heterocycles. The number of aryl methyl sites for hydroxylation is 1. The maximum atomic E-state index is 4.08. The Balaban J connectivity index is 1.47. The second-order valence-corrected chi connectivity index (χ2v) is 4.95. The van der Waals surface area contributed by atoms with E-state index in [4.69, 9.17) is 0 Å². The normalized spacial score (nSPS) is 26.4. The zero-order valence-electron chi connectivity index (χ0n) is 9.76. The molecule has 1 unspecified atom stereocenters. The molecule has 1 aliphatic heterocycles. The molecule has 0 amide bonds. The summed E-state index contributed by atoms with van der Waals surface area (Å²) in [5.74, 6) is 1.02. The Hall–Kier alpha value is -0.940. The van der Waals surface area contributed by atoms with Crippen molar-refractivity contribution in [1.82, 2.24) is 25.0 Å². The molecular weight excluding hydrogens is 202 g/mol. The predicted molar refractivity (Wildman–Crippen MR) is 60.8 cm³/mol. The van der Waals surface area contributed by atoms with Gasteiger partial charge in [0.15, 0.2) is 0 Å². The van der Waals surface area contributed by atoms with E-state index in [-0.39, 0.29) is 0 Å². The van der Waals surface area contributed by atoms with Crippen LogP contribution < -0.4 is 5.32 Å². The van der Waals surface area contributed by atoms with Crippen molar-refractivity contribution in [3.63, 3.8) is 0 Å². The number of nitrogens with one attached hydrogen (secondary N) is 1. The smallest absolute Gasteiger partial charge is 0.146 e. The van der Waals surface area contributed by atoms with Crippen LogP contribution in [0.15, 0.2) is 6.33 Å². The molecule has 2 aliphatic rings. The summed E-state index contributed by atoms with van der Waals surface area (Å²) in [6, 6.07) is 1.54. The van der Waals surface area contributed by atoms with Crippen molar-refractivity contribution >= 4 is 0 Å². The fourth-order valence-electron chi connectivity index (χ4n) is 2.43. The zero-order chi connectivity index (χ0) is 11.0. The highest BCUT2D eigenvalue weighted by molar-refractivity contribution is 4.93. The maximum Gasteiger partial charge on any atom is 0.146 e. The molecule has 1 N–H and O–H groups in total. The number of rotatable bonds is 4. The summed E-state index contributed by atoms with van der Waals surface area (Å²) in [7, 11) is 1.99. The van der Waals surface area contributed by atoms with Crippen molar-refractivity contribution in [3.05, 3.63) is 12.2 Å². The molecule has 16 heavy (non-hydrogen) atoms. The van der Waals surface area contributed by atoms with Crippen LogP contribution in [0.4, 0.5) is 0 Å². The molecule has 3 rings (SSSR count). The lowest BCUT2D eigenvalue weighted by molar-refractivity contribution is 0.317. The van der Waals surface area contributed by atoms with Gasteiger partial charge < -0.3 is 9.88 Å². The third-order valence-electron chi connectivity index (χ3n) is 3.64. The van der Waals surface area contributed by atoms with Crippen molar-refractivity contribution in [2.75, 3.05) is 13.1 Å². The molecule has 0 aromatic carbocycles. The first-order chi connectivity index (χ1) is 7.83. The third-order valence-corrected chi connectivity index (χ3v) is 3.64. The van der Waals surface area contributed by atoms with E-state index in [1.54, 1.807) is 6.33 Å². The zero-order valence-corrected chi connectivity index (χ0v) is 9.76. The van der Waals surface area contributed by atoms with E-state index in [0.717, 1.165) is 18.4 Å². The van der Waals surface area contributed by atoms with Gasteiger partial charge in [-0.3, -0.25) is 4.90 Å². The van der Waals surface area contributed by atoms with Gasteiger partial charge in [0.2, 0.25) is 0 Å². The fourth-order valence-corrected chi connectivity index (χ4v) is 2.43. The van der Waals surface area contributed by atoms with Crippen LogP contribution in [0, 0.1) is 0 Å². The Morgan fingerprint density at radius 2 is 2.31 bits per heavy atom. The van der Waals surface area contributed by atoms with Gasteiger partial charge in [-0.15, -0.1) is 10.2 Å². The largest absolute Gasteiger partial charge is 0.320 e. The molecule has 1 saturated carbocycles. The quantitative estimate of drug-likeness (QED) is 0.785. The lowest BCUT2D eigenvalue weighted by atomic mass is 10.2. The Bertz CT molecular complexity index is 357. The van der Waals surface area contributed by atoms with E-state index in [1.807, 2.05) is 11.6 Å². The number of hydrogen-bond acceptors (Lipinski definition) is 4. The number of likely N-dealkylation sites (tertiary alicyclic amines) is 1. The van der Waals surface area contributed by atoms with Gasteiger partial charge in [0, 0.05) is 32.2 Å². The third kappa shape index (κ3) is 2.10. The van der Waals surface area contributed by atoms with E-state index in [9.17, 15) is 0 Å². The molecule has 0 bridgehead atoms. The van der Waals surface area contributed by atoms with E-state index in [0.29, 0.717) is 6.04 Å². The van der Waals surface area contributed by atoms with Crippen LogP contribution in [-0.4, -0.2) is 44.8 Å². The van der Waals surface area contributed by atoms with Crippen molar-refractivity contribution in [2.45, 2.75) is 37.9 Å². The molecule has 5 nitrogen and oxygen atoms in total. The molecule has 1 atom stereocenters. The summed E-state index contributed by atoms with van der Waals surface area (Å²) < 4.78 is 1.97. The monoisotopic (exact) mass is 221 g/mol. The Labute approximate surface area is 95.8 Å². The van der Waals surface area contributed by atoms with Crippen molar-refractivity contribution < 1.29 is 0 Å². The first kappa shape index (κ1) is 10.2. The second kappa shape index (κ2) is 4.14. The summed E-state index contributed by atoms with van der Waals surface area (Å²) in [6.45, 7) is 3.31. The van der Waals surface area contributed by atoms with Crippen molar-refractivity contribution in [3.8, 4) is 0 Å². The van der Waals surface area contributed by atoms with Crippen molar-refractivity contribution in [1.29, 1.82) is 0 Å². The highest BCUT2D eigenvalue weighted by atomic mass is 15.3. The molecule has 5 heteroatoms. The van der Waals surface area contributed by atoms with E-state index < -0.39 is 0 Å². The van der Waals surface area contributed by atoms with Gasteiger partial charge in [-0.1, -0.05) is 0 Å². The van der Waals surface area contributed by atoms with Gasteiger partial charge in [0.25, 0.3) is 0 Å². The lowest BCUT2D eigenvalue weighted by Gasteiger charge is -2.15. The van der Waals surface area contributed by atoms with Gasteiger partial charge in [0.1, 0.15) is 12.2 Å². The van der Waals surface area contributed by atoms with Crippen LogP contribution >= 0.6 is 0 Å². The summed E-state index contributed by atoms with van der Waals surface area (Å²) in [5.41, 5.74) is 0. The average Bonchev–Trinajstić information content (AvgIpc) is 2.89. The van der Waals surface area contributed by atoms with Gasteiger partial charge in [-0.2, -0.15) is 0 Å². The predicted octanol–water partition coefficient (Wildman–Crippen LogP) is 0.141. The second-order valence-electron chi connectivity index (χ2n) is 4.95. The van der Waals surface area contributed by atoms with Gasteiger partial charge in [0.05, 0.1) is 6.54 Å². The van der Waals surface area contributed by atoms with Crippen LogP contribution in [0.3, 0.4) is 0 Å². The first-order valence-electron chi connectivity index (χ1n) is 6.13. The molecule has 0 spiro atoms. The SMILES string of the molecule is Cn1cnnc1CNC1CCN(C2CC2)C1. The maximum absolute atomic E-state index is 4.08. The Morgan fingerprint density at radius 1 is 1.44 bits per heavy atom. The molecule has 2 fully saturated rings. The lowest BCUT2D eigenvalue weighted by Crippen LogP contribution is -2.33. The minimum Gasteiger partial charge on any atom is -0.320 e. The number of aromatic nitrogens is 3. The van der Waals surface area contributed by atoms with Crippen LogP contribution in [0.2, 0.25) is 0 Å². The highest BCUT2D eigenvalue weighted by Gasteiger charge is 2.34. The van der Waals surface area contributed by atoms with Gasteiger partial charge in [-0.05, 0) is 19.3 Å². The standard InChI is InChI=1S/C11H19N5/c1-15-8-13-14-11(15)6-12-9-4-5-16(7-9)10-2-3-10/h8-10,12H,2-7H2,1H3. The van der Waals surface area contributed by atoms with Crippen LogP contribution in [0.25, 0.3) is 0 Å². The van der Waals surface area contributed by atoms with E-state index in [2.05, 4.69) is 20.4 Å². The summed E-state index contributed by atoms with van der Waals surface area (Å²) >= 11 is 0. The molecule has 1 saturated heterocycles. The number of hydrogen-bond donors (Lipinski definition) is 1. The van der Waals surface area contributed by atoms with Crippen LogP contribution in [0.1, 0.15) is 25.1 Å². The highest BCUT2D eigenvalue weighted by Crippen LogP contribution is 2.29. The molecule has 0 radical (unpaired) electrons. The first-order valence-corrected chi connectivity index (χ1v) is 6.13. The Morgan fingerprint density at radius 3 is 3.00 bits per heavy atom. The van der Waals surface area contributed by atoms with Crippen LogP contribution in [0.5, 0.6) is 0 Å². The molecule has 2 heterocycles. The van der Waals surface area contributed by atoms with Crippen LogP contribution in [-0.2, 0) is 13.6 Å². The molecule has 88 valence electrons. The minimum atomic E-state index is 0.636. The average molecular weight is 221 g/mol. The summed E-state index contributed by atoms with van der Waals surface area (Å²) in [5, 5.41) is 11.5. The van der Waals surface area contributed by atoms with Gasteiger partial charge in [-0.25, -0.2) is 0 Å². The van der Waals surface area contributed by atoms with E-state index >= 15 is 0 Å². The topological polar surface area (TPSA) is 46.0 Å². The molecule has 1 aromatic rings.